The van der Waals surface area contributed by atoms with E-state index >= 15 is 0 Å². The Morgan fingerprint density at radius 2 is 1.78 bits per heavy atom. The number of phenols is 1. The molecule has 6 heteroatoms. The topological polar surface area (TPSA) is 65.4 Å². The monoisotopic (exact) mass is 368 g/mol. The van der Waals surface area contributed by atoms with Crippen molar-refractivity contribution in [3.05, 3.63) is 47.5 Å². The number of para-hydroxylation sites is 1. The highest BCUT2D eigenvalue weighted by atomic mass is 16.6. The average Bonchev–Trinajstić information content (AvgIpc) is 3.04. The lowest BCUT2D eigenvalue weighted by atomic mass is 10.1. The number of piperazine rings is 1. The van der Waals surface area contributed by atoms with Crippen LogP contribution in [0.2, 0.25) is 0 Å². The molecule has 3 aliphatic rings. The number of aliphatic hydroxyl groups excluding tert-OH is 1. The molecule has 2 heterocycles. The molecule has 1 fully saturated rings. The molecule has 2 atom stereocenters. The second kappa shape index (κ2) is 6.62. The van der Waals surface area contributed by atoms with Crippen LogP contribution >= 0.6 is 0 Å². The third-order valence-corrected chi connectivity index (χ3v) is 5.91. The molecule has 0 aromatic heterocycles. The molecule has 2 aromatic carbocycles. The third kappa shape index (κ3) is 2.89. The minimum absolute atomic E-state index is 0.0771. The fourth-order valence-corrected chi connectivity index (χ4v) is 4.52. The summed E-state index contributed by atoms with van der Waals surface area (Å²) in [6.45, 7) is 4.71. The van der Waals surface area contributed by atoms with Crippen LogP contribution in [0.5, 0.6) is 17.2 Å². The molecule has 0 saturated carbocycles. The van der Waals surface area contributed by atoms with E-state index in [0.29, 0.717) is 13.2 Å². The number of hydrogen-bond donors (Lipinski definition) is 2. The van der Waals surface area contributed by atoms with Crippen molar-refractivity contribution in [1.29, 1.82) is 0 Å². The maximum atomic E-state index is 10.8. The molecule has 2 N–H and O–H groups in total. The normalized spacial score (nSPS) is 24.7. The molecule has 0 spiro atoms. The predicted molar refractivity (Wildman–Crippen MR) is 102 cm³/mol. The second-order valence-corrected chi connectivity index (χ2v) is 7.42. The van der Waals surface area contributed by atoms with Gasteiger partial charge in [-0.2, -0.15) is 0 Å². The maximum Gasteiger partial charge on any atom is 0.184 e. The van der Waals surface area contributed by atoms with Crippen molar-refractivity contribution in [2.24, 2.45) is 0 Å². The van der Waals surface area contributed by atoms with Gasteiger partial charge in [0, 0.05) is 32.2 Å². The van der Waals surface area contributed by atoms with Crippen LogP contribution in [-0.4, -0.2) is 60.5 Å². The first kappa shape index (κ1) is 16.7. The summed E-state index contributed by atoms with van der Waals surface area (Å²) < 4.78 is 11.6. The highest BCUT2D eigenvalue weighted by molar-refractivity contribution is 5.65. The van der Waals surface area contributed by atoms with Crippen molar-refractivity contribution >= 4 is 5.69 Å². The summed E-state index contributed by atoms with van der Waals surface area (Å²) >= 11 is 0. The fourth-order valence-electron chi connectivity index (χ4n) is 4.52. The van der Waals surface area contributed by atoms with Crippen molar-refractivity contribution in [3.63, 3.8) is 0 Å². The molecular weight excluding hydrogens is 344 g/mol. The minimum atomic E-state index is -0.542. The Bertz CT molecular complexity index is 848. The van der Waals surface area contributed by atoms with E-state index in [9.17, 15) is 10.2 Å². The molecule has 0 amide bonds. The van der Waals surface area contributed by atoms with E-state index in [-0.39, 0.29) is 11.8 Å². The molecule has 2 aromatic rings. The van der Waals surface area contributed by atoms with Crippen LogP contribution in [0.25, 0.3) is 0 Å². The van der Waals surface area contributed by atoms with Crippen molar-refractivity contribution in [1.82, 2.24) is 4.90 Å². The van der Waals surface area contributed by atoms with E-state index in [4.69, 9.17) is 9.47 Å². The van der Waals surface area contributed by atoms with Crippen molar-refractivity contribution < 1.29 is 19.7 Å². The lowest BCUT2D eigenvalue weighted by Gasteiger charge is -2.40. The zero-order chi connectivity index (χ0) is 18.4. The lowest BCUT2D eigenvalue weighted by molar-refractivity contribution is 0.0570. The summed E-state index contributed by atoms with van der Waals surface area (Å²) in [7, 11) is 0. The predicted octanol–water partition coefficient (Wildman–Crippen LogP) is 1.94. The minimum Gasteiger partial charge on any atom is -0.508 e. The van der Waals surface area contributed by atoms with Crippen molar-refractivity contribution in [2.45, 2.75) is 18.6 Å². The van der Waals surface area contributed by atoms with Crippen LogP contribution in [0.15, 0.2) is 36.4 Å². The second-order valence-electron chi connectivity index (χ2n) is 7.42. The number of hydrogen-bond acceptors (Lipinski definition) is 6. The Morgan fingerprint density at radius 1 is 0.963 bits per heavy atom. The van der Waals surface area contributed by atoms with E-state index in [1.54, 1.807) is 12.1 Å². The van der Waals surface area contributed by atoms with Gasteiger partial charge in [-0.15, -0.1) is 0 Å². The highest BCUT2D eigenvalue weighted by Crippen LogP contribution is 2.41. The van der Waals surface area contributed by atoms with Crippen molar-refractivity contribution in [3.8, 4) is 17.2 Å². The smallest absolute Gasteiger partial charge is 0.184 e. The maximum absolute atomic E-state index is 10.8. The number of anilines is 1. The van der Waals surface area contributed by atoms with Crippen LogP contribution in [0.4, 0.5) is 5.69 Å². The molecule has 27 heavy (non-hydrogen) atoms. The molecule has 2 aliphatic heterocycles. The number of rotatable bonds is 2. The zero-order valence-corrected chi connectivity index (χ0v) is 15.2. The van der Waals surface area contributed by atoms with Gasteiger partial charge >= 0.3 is 0 Å². The Kier molecular flexibility index (Phi) is 4.10. The van der Waals surface area contributed by atoms with E-state index < -0.39 is 6.10 Å². The summed E-state index contributed by atoms with van der Waals surface area (Å²) in [6.07, 6.45) is 0.286. The first-order chi connectivity index (χ1) is 13.2. The molecular formula is C21H24N2O4. The van der Waals surface area contributed by atoms with E-state index in [1.165, 1.54) is 0 Å². The molecule has 0 bridgehead atoms. The Hall–Kier alpha value is -2.44. The Labute approximate surface area is 158 Å². The van der Waals surface area contributed by atoms with Crippen LogP contribution in [0, 0.1) is 0 Å². The molecule has 0 radical (unpaired) electrons. The van der Waals surface area contributed by atoms with E-state index in [0.717, 1.165) is 60.9 Å². The van der Waals surface area contributed by atoms with Gasteiger partial charge in [0.15, 0.2) is 11.5 Å². The van der Waals surface area contributed by atoms with Gasteiger partial charge in [-0.1, -0.05) is 12.1 Å². The number of benzene rings is 2. The van der Waals surface area contributed by atoms with Crippen molar-refractivity contribution in [2.75, 3.05) is 44.3 Å². The van der Waals surface area contributed by atoms with E-state index in [2.05, 4.69) is 15.9 Å². The molecule has 142 valence electrons. The van der Waals surface area contributed by atoms with Gasteiger partial charge in [0.2, 0.25) is 0 Å². The van der Waals surface area contributed by atoms with Gasteiger partial charge in [-0.3, -0.25) is 4.90 Å². The number of aliphatic hydroxyl groups is 1. The molecule has 1 aliphatic carbocycles. The number of aromatic hydroxyl groups is 1. The van der Waals surface area contributed by atoms with Gasteiger partial charge in [0.05, 0.1) is 11.8 Å². The molecule has 6 nitrogen and oxygen atoms in total. The van der Waals surface area contributed by atoms with Crippen LogP contribution in [0.3, 0.4) is 0 Å². The standard InChI is InChI=1S/C21H24N2O4/c24-15-5-4-14-12-18(20(25)16(14)13-15)23-8-6-22(7-9-23)17-2-1-3-19-21(17)27-11-10-26-19/h1-5,13,18,20,24-25H,6-12H2. The number of nitrogens with zero attached hydrogens (tertiary/aromatic N) is 2. The quantitative estimate of drug-likeness (QED) is 0.845. The number of phenolic OH excluding ortho intramolecular Hbond substituents is 1. The van der Waals surface area contributed by atoms with Gasteiger partial charge in [0.1, 0.15) is 19.0 Å². The first-order valence-corrected chi connectivity index (χ1v) is 9.58. The SMILES string of the molecule is Oc1ccc2c(c1)C(O)C(N1CCN(c3cccc4c3OCCO4)CC1)C2. The van der Waals surface area contributed by atoms with E-state index in [1.807, 2.05) is 18.2 Å². The molecule has 1 saturated heterocycles. The molecule has 5 rings (SSSR count). The van der Waals surface area contributed by atoms with Gasteiger partial charge in [-0.25, -0.2) is 0 Å². The van der Waals surface area contributed by atoms with Crippen LogP contribution in [-0.2, 0) is 6.42 Å². The fraction of sp³-hybridized carbons (Fsp3) is 0.429. The van der Waals surface area contributed by atoms with Crippen LogP contribution < -0.4 is 14.4 Å². The average molecular weight is 368 g/mol. The number of ether oxygens (including phenoxy) is 2. The lowest BCUT2D eigenvalue weighted by Crippen LogP contribution is -2.51. The largest absolute Gasteiger partial charge is 0.508 e. The highest BCUT2D eigenvalue weighted by Gasteiger charge is 2.37. The van der Waals surface area contributed by atoms with Gasteiger partial charge < -0.3 is 24.6 Å². The van der Waals surface area contributed by atoms with Gasteiger partial charge in [0.25, 0.3) is 0 Å². The Balaban J connectivity index is 1.29. The summed E-state index contributed by atoms with van der Waals surface area (Å²) in [4.78, 5) is 4.70. The zero-order valence-electron chi connectivity index (χ0n) is 15.2. The number of fused-ring (bicyclic) bond motifs is 2. The summed E-state index contributed by atoms with van der Waals surface area (Å²) in [6, 6.07) is 11.5. The first-order valence-electron chi connectivity index (χ1n) is 9.58. The summed E-state index contributed by atoms with van der Waals surface area (Å²) in [5.41, 5.74) is 3.09. The Morgan fingerprint density at radius 3 is 2.63 bits per heavy atom. The van der Waals surface area contributed by atoms with Crippen LogP contribution in [0.1, 0.15) is 17.2 Å². The summed E-state index contributed by atoms with van der Waals surface area (Å²) in [5.74, 6) is 1.89. The summed E-state index contributed by atoms with van der Waals surface area (Å²) in [5, 5.41) is 20.5. The third-order valence-electron chi connectivity index (χ3n) is 5.91. The molecule has 2 unspecified atom stereocenters. The van der Waals surface area contributed by atoms with Gasteiger partial charge in [-0.05, 0) is 41.8 Å².